The molecule has 8 heteroatoms. The normalized spacial score (nSPS) is 61.1. The number of hydrogen-bond acceptors (Lipinski definition) is 4. The second-order valence-corrected chi connectivity index (χ2v) is 10.4. The number of hydrogen-bond donors (Lipinski definition) is 0. The third-order valence-electron chi connectivity index (χ3n) is 7.79. The lowest BCUT2D eigenvalue weighted by atomic mass is 9.86. The fraction of sp³-hybridized carbons (Fsp3) is 0.500. The summed E-state index contributed by atoms with van der Waals surface area (Å²) in [7, 11) is 3.80. The Kier molecular flexibility index (Phi) is 0.286. The number of benzene rings is 2. The van der Waals surface area contributed by atoms with Crippen LogP contribution in [-0.4, -0.2) is 74.8 Å². The summed E-state index contributed by atoms with van der Waals surface area (Å²) in [4.78, 5) is 12.1. The highest BCUT2D eigenvalue weighted by atomic mass is 19.1. The highest BCUT2D eigenvalue weighted by molar-refractivity contribution is 5.85. The van der Waals surface area contributed by atoms with Gasteiger partial charge in [0, 0.05) is 498 Å². The summed E-state index contributed by atoms with van der Waals surface area (Å²) < 4.78 is 1570. The third kappa shape index (κ3) is 5.11. The van der Waals surface area contributed by atoms with Crippen LogP contribution >= 0.6 is 0 Å². The van der Waals surface area contributed by atoms with Crippen LogP contribution in [0.5, 0.6) is 0 Å². The average Bonchev–Trinajstić information content (AvgIpc) is 1.67. The summed E-state index contributed by atoms with van der Waals surface area (Å²) in [5.74, 6) is -1.21. The first-order valence-electron chi connectivity index (χ1n) is 164. The van der Waals surface area contributed by atoms with E-state index < -0.39 is 12.3 Å². The Labute approximate surface area is 677 Å². The first-order chi connectivity index (χ1) is 168. The number of likely N-dealkylation sites (tertiary alicyclic amines) is 2. The molecule has 4 aliphatic heterocycles. The molecule has 0 radical (unpaired) electrons. The van der Waals surface area contributed by atoms with Crippen molar-refractivity contribution in [3.8, 4) is 0 Å². The molecular weight excluding hydrogens is 468 g/mol. The van der Waals surface area contributed by atoms with Crippen LogP contribution in [0.4, 0.5) is 17.6 Å². The zero-order valence-corrected chi connectivity index (χ0v) is 20.7. The lowest BCUT2D eigenvalue weighted by Gasteiger charge is -2.32. The largest absolute Gasteiger partial charge is 0.303 e. The zero-order valence-electron chi connectivity index (χ0n) is 323. The van der Waals surface area contributed by atoms with Crippen molar-refractivity contribution in [3.05, 3.63) is 69.3 Å². The van der Waals surface area contributed by atoms with Gasteiger partial charge in [0.2, 0.25) is 0 Å². The van der Waals surface area contributed by atoms with E-state index in [-0.39, 0.29) is 24.9 Å². The van der Waals surface area contributed by atoms with E-state index >= 15 is 0 Å². The van der Waals surface area contributed by atoms with Crippen LogP contribution in [0.1, 0.15) is 508 Å². The first-order valence-corrected chi connectivity index (χ1v) is 12.6. The topological polar surface area (TPSA) is 31.2 Å². The summed E-state index contributed by atoms with van der Waals surface area (Å²) in [5.41, 5.74) is 4.74. The van der Waals surface area contributed by atoms with Crippen molar-refractivity contribution in [2.45, 2.75) is 50.1 Å². The minimum Gasteiger partial charge on any atom is -0.303 e. The van der Waals surface area contributed by atoms with E-state index in [4.69, 9.17) is 448 Å². The van der Waals surface area contributed by atoms with Crippen LogP contribution in [0.15, 0.2) is 34.3 Å². The molecule has 36 heavy (non-hydrogen) atoms. The molecule has 0 saturated carbocycles. The predicted octanol–water partition coefficient (Wildman–Crippen LogP) is 42.4. The Hall–Kier alpha value is -2.58. The Morgan fingerprint density at radius 3 is 1.56 bits per heavy atom. The molecular formula is C28H336F4N4. The maximum atomic E-state index is 14.1. The minimum atomic E-state index is -0.987. The van der Waals surface area contributed by atoms with Crippen molar-refractivity contribution >= 4 is 12.4 Å². The van der Waals surface area contributed by atoms with Gasteiger partial charge in [-0.1, -0.05) is 0 Å². The van der Waals surface area contributed by atoms with Crippen molar-refractivity contribution in [1.29, 1.82) is 0 Å². The quantitative estimate of drug-likeness (QED) is 0.281. The SMILES string of the molecule is CN1CCC(c2cc3c(cc2F)C=NC3)C(F)C1.CN1CCC(c2cc3c(cc2F)C=NC3)C(F)C1.[2HH].[2H][2H].[2H][2H].[2H][2H].[2H][2H].[2H][2H].[2H][2H].[2H][2H].[2H][2H].[2H][2H].[2H][2H].[2H][2H].[2H][2H].[2H][2H].[2H][2H].[2H][2H].[2H][2H].[2H][2H].[2H][2H].[2H][2H].[2H][2H].[2H][2H].[2H][2H].[2H][2H].[2H][2H].[2H][2H].[2H][2H].[2H][2H].[2H][2H].[2H][2H].[2H][2H].[2H][2H].[2H][2H].[2H][2H].[2H][2H].[2H][2H].[2H][2H].[2H][2H].[2H][2H].[2H][2H].[2H][2H].[2H][2H].[2H][2H].[2H][2H].[2H][2H].[2H][2H].[2H][2H].[2H][2H].[2H][2H].[2H][2H].[2H][2H].[2H][2H].[2H][2H].[2H][2H].[2H][2H].[2H][2H].[2H][2H].[2H][2H].[2H][2H].[2H][2H].[2H][2H].[2H][2H].[2H][2H].[2H][2H].[2H][2H].[2H][2H].[2H][2H].[2H][2H].[2H][2H].[2H][2H].[2H][2H].[2H][2H].[2H][2H].[2H][2H].[2H][2H].[2H][2H].[2H][2H].[2H][2H].[2H][2H].[2H][2H].[2H][2H].[2H][2H].[2H][2H].[2H][2H].[2H][2H].[2H][2H].[2H][2H].[2H][2H].[2H][2H].[2H][2H].[2H][2H].[2H][2H].[2H][2H].[2H][2H].[2H][2H].[2H][2H].[2H][2H].[2H][2H].[2H][2H].[2H][2H].[2H][2H].[2H][2H].[2H][2H].[2H][2H].[2H][2H].[2H][2H].[2H][2H].[2H][2H].[2H][2H].[2H][2H].[2H][2H].[2H][2H].[2H][2H].[2H][2H].[2H][2H].[2H][2H].[2H][2H].[2H][2H].[2H][2H].[2H][2H].[2H][2H].[2H][2H].[2H][2H].[2H][2H].[2H][2H].[2H][2H].[2H][2H].[2H][2H].[2H][2H].[2H][2H].[2H][2H].[2H][2H].[2H][2H].[2H][2H].[2H][2H].[2H][2H].[2H][2H].[2H][2H].[2H][2H].[2H][2H].[2H][2H].[2H][2H].[2H][2H].[2H][2H].[2H][2H].[2H][2H].[2H][2H].[2H][2H].[2H][2H].[2H][2H].[2H][2H].[2H][2H]. The lowest BCUT2D eigenvalue weighted by molar-refractivity contribution is 0.137. The van der Waals surface area contributed by atoms with Crippen molar-refractivity contribution in [2.75, 3.05) is 40.3 Å². The van der Waals surface area contributed by atoms with Crippen molar-refractivity contribution in [3.63, 3.8) is 0 Å². The molecule has 2 saturated heterocycles. The number of aliphatic imine (C=N–C) groups is 2. The van der Waals surface area contributed by atoms with Crippen molar-refractivity contribution in [2.24, 2.45) is 9.98 Å². The van der Waals surface area contributed by atoms with E-state index in [0.717, 1.165) is 35.3 Å². The predicted molar refractivity (Wildman–Crippen MR) is 456 cm³/mol. The number of fused-ring (bicyclic) bond motifs is 2. The van der Waals surface area contributed by atoms with E-state index in [0.29, 0.717) is 50.1 Å². The molecule has 0 amide bonds. The van der Waals surface area contributed by atoms with Crippen LogP contribution in [0.25, 0.3) is 0 Å². The van der Waals surface area contributed by atoms with Gasteiger partial charge >= 0.3 is 0 Å². The van der Waals surface area contributed by atoms with Gasteiger partial charge in [-0.2, -0.15) is 0 Å². The molecule has 0 N–H and O–H groups in total. The van der Waals surface area contributed by atoms with Crippen LogP contribution in [0.2, 0.25) is 0 Å². The molecule has 4 heterocycles. The summed E-state index contributed by atoms with van der Waals surface area (Å²) in [6, 6.07) is 6.60. The number of halogens is 4. The number of alkyl halides is 2. The van der Waals surface area contributed by atoms with Gasteiger partial charge in [0.05, 0.1) is 13.1 Å². The van der Waals surface area contributed by atoms with Gasteiger partial charge in [-0.25, -0.2) is 17.6 Å². The lowest BCUT2D eigenvalue weighted by Crippen LogP contribution is -2.38. The standard InChI is InChI=1S/2C14H16F2N2.152H2/c2*1-18-3-2-11(14(16)8-18)12-4-9-6-17-7-10(9)5-13(12)15;;;;;;;;;;;;;;;;;;;;;;;;;;;;;;;;;;;;;;;;;;;;;;;;;;;;;;;;;;;;;;;;;;;;;;;;;;;;;;;;;;;;;;;;;;;;;;;;;;;;;;;;;;;;;;;;;;;;;;;;;;;;;;;;;;;;;;;;;;;;;;;;;;;;;;;;/h2*4-5,7,11,14H,2-3,6,8H2,1H3;152*1H/i;;151*1+1D;1+1. The van der Waals surface area contributed by atoms with E-state index in [9.17, 15) is 17.6 Å². The zero-order chi connectivity index (χ0) is 327. The summed E-state index contributed by atoms with van der Waals surface area (Å²) in [6.45, 7) is 3.59. The molecule has 4 nitrogen and oxygen atoms in total. The molecule has 4 unspecified atom stereocenters. The highest BCUT2D eigenvalue weighted by Gasteiger charge is 2.32. The highest BCUT2D eigenvalue weighted by Crippen LogP contribution is 2.35. The van der Waals surface area contributed by atoms with Crippen molar-refractivity contribution in [1.82, 2.24) is 9.80 Å². The molecule has 0 spiro atoms. The molecule has 2 aromatic rings. The van der Waals surface area contributed by atoms with Gasteiger partial charge in [-0.3, -0.25) is 9.98 Å². The van der Waals surface area contributed by atoms with Crippen LogP contribution in [-0.2, 0) is 13.1 Å². The third-order valence-corrected chi connectivity index (χ3v) is 7.79. The monoisotopic (exact) mass is 1110 g/mol. The fourth-order valence-corrected chi connectivity index (χ4v) is 5.69. The maximum absolute atomic E-state index is 14.1. The summed E-state index contributed by atoms with van der Waals surface area (Å²) in [6.07, 6.45) is 2.74. The second-order valence-electron chi connectivity index (χ2n) is 10.4. The molecule has 0 aliphatic carbocycles. The Morgan fingerprint density at radius 1 is 0.750 bits per heavy atom. The smallest absolute Gasteiger partial charge is 0.127 e. The van der Waals surface area contributed by atoms with Crippen molar-refractivity contribution < 1.29 is 467 Å². The van der Waals surface area contributed by atoms with Crippen LogP contribution in [0, 0.1) is 11.6 Å². The molecule has 4 aliphatic rings. The molecule has 0 aromatic heterocycles. The molecule has 4 atom stereocenters. The summed E-state index contributed by atoms with van der Waals surface area (Å²) >= 11 is 0. The maximum Gasteiger partial charge on any atom is 0.127 e. The van der Waals surface area contributed by atoms with E-state index in [2.05, 4.69) is 9.98 Å². The number of rotatable bonds is 2. The van der Waals surface area contributed by atoms with Gasteiger partial charge in [0.1, 0.15) is 24.0 Å². The minimum absolute atomic E-state index is 0. The average molecular weight is 1110 g/mol. The molecule has 2 fully saturated rings. The number of nitrogens with zero attached hydrogens (tertiary/aromatic N) is 4. The Morgan fingerprint density at radius 2 is 1.17 bits per heavy atom. The Bertz CT molecular complexity index is 1250. The molecule has 6 rings (SSSR count). The van der Waals surface area contributed by atoms with Gasteiger partial charge in [0.25, 0.3) is 0 Å². The molecule has 2 aromatic carbocycles. The van der Waals surface area contributed by atoms with Gasteiger partial charge in [-0.15, -0.1) is 0 Å². The van der Waals surface area contributed by atoms with Crippen LogP contribution < -0.4 is 0 Å². The van der Waals surface area contributed by atoms with Crippen LogP contribution in [0.3, 0.4) is 0 Å². The Balaban J connectivity index is -0.00000000749. The first kappa shape index (κ1) is 0.989. The fourth-order valence-electron chi connectivity index (χ4n) is 5.69. The van der Waals surface area contributed by atoms with E-state index in [1.54, 1.807) is 24.6 Å². The second kappa shape index (κ2) is 10.4. The van der Waals surface area contributed by atoms with E-state index in [1.165, 1.54) is 12.1 Å². The molecule has 496 valence electrons. The number of piperidine rings is 2. The summed E-state index contributed by atoms with van der Waals surface area (Å²) in [5, 5.41) is 0. The molecule has 0 bridgehead atoms. The van der Waals surface area contributed by atoms with Gasteiger partial charge in [-0.05, 0) is 86.5 Å². The van der Waals surface area contributed by atoms with Gasteiger partial charge in [0.15, 0.2) is 0 Å². The van der Waals surface area contributed by atoms with E-state index in [1.807, 2.05) is 23.9 Å². The van der Waals surface area contributed by atoms with Gasteiger partial charge < -0.3 is 9.80 Å².